The second-order valence-electron chi connectivity index (χ2n) is 6.08. The zero-order chi connectivity index (χ0) is 15.8. The Morgan fingerprint density at radius 1 is 0.957 bits per heavy atom. The maximum atomic E-state index is 4.49. The fraction of sp³-hybridized carbons (Fsp3) is 0.143. The third-order valence-corrected chi connectivity index (χ3v) is 4.49. The number of hydrogen-bond acceptors (Lipinski definition) is 1. The maximum Gasteiger partial charge on any atom is 0.213 e. The smallest absolute Gasteiger partial charge is 0.213 e. The Bertz CT molecular complexity index is 999. The van der Waals surface area contributed by atoms with Gasteiger partial charge in [0.1, 0.15) is 0 Å². The molecule has 0 aliphatic rings. The lowest BCUT2D eigenvalue weighted by Gasteiger charge is -2.13. The Labute approximate surface area is 136 Å². The Hall–Kier alpha value is -2.74. The number of benzene rings is 2. The van der Waals surface area contributed by atoms with Crippen molar-refractivity contribution in [3.8, 4) is 0 Å². The molecule has 0 aliphatic heterocycles. The first-order valence-corrected chi connectivity index (χ1v) is 7.98. The molecule has 0 amide bonds. The van der Waals surface area contributed by atoms with Crippen molar-refractivity contribution in [3.05, 3.63) is 84.2 Å². The van der Waals surface area contributed by atoms with Gasteiger partial charge in [0.2, 0.25) is 5.52 Å². The minimum absolute atomic E-state index is 0.243. The summed E-state index contributed by atoms with van der Waals surface area (Å²) < 4.78 is 2.37. The second kappa shape index (κ2) is 5.47. The molecular weight excluding hydrogens is 280 g/mol. The fourth-order valence-electron chi connectivity index (χ4n) is 3.37. The van der Waals surface area contributed by atoms with Gasteiger partial charge in [-0.1, -0.05) is 30.3 Å². The molecule has 0 unspecified atom stereocenters. The van der Waals surface area contributed by atoms with Crippen molar-refractivity contribution in [1.29, 1.82) is 0 Å². The van der Waals surface area contributed by atoms with Gasteiger partial charge in [-0.2, -0.15) is 4.57 Å². The molecule has 0 N–H and O–H groups in total. The standard InChI is InChI=1S/C21H19N2/c1-15-13-17-7-3-6-10-21(17)23(14-15)16(2)18-11-12-22-20-9-5-4-8-19(18)20/h3-14,16H,1-2H3/q+1/t16-/m0/s1. The average Bonchev–Trinajstić information content (AvgIpc) is 2.60. The zero-order valence-corrected chi connectivity index (χ0v) is 13.4. The van der Waals surface area contributed by atoms with Crippen molar-refractivity contribution in [3.63, 3.8) is 0 Å². The predicted molar refractivity (Wildman–Crippen MR) is 94.4 cm³/mol. The van der Waals surface area contributed by atoms with Gasteiger partial charge >= 0.3 is 0 Å². The summed E-state index contributed by atoms with van der Waals surface area (Å²) in [5.41, 5.74) is 4.88. The van der Waals surface area contributed by atoms with Crippen LogP contribution >= 0.6 is 0 Å². The first-order valence-electron chi connectivity index (χ1n) is 7.98. The van der Waals surface area contributed by atoms with Gasteiger partial charge < -0.3 is 0 Å². The molecular formula is C21H19N2+. The quantitative estimate of drug-likeness (QED) is 0.495. The van der Waals surface area contributed by atoms with E-state index in [-0.39, 0.29) is 6.04 Å². The predicted octanol–water partition coefficient (Wildman–Crippen LogP) is 4.59. The summed E-state index contributed by atoms with van der Waals surface area (Å²) >= 11 is 0. The van der Waals surface area contributed by atoms with E-state index >= 15 is 0 Å². The monoisotopic (exact) mass is 299 g/mol. The number of aromatic nitrogens is 2. The molecule has 0 radical (unpaired) electrons. The molecule has 1 atom stereocenters. The van der Waals surface area contributed by atoms with E-state index < -0.39 is 0 Å². The number of nitrogens with zero attached hydrogens (tertiary/aromatic N) is 2. The highest BCUT2D eigenvalue weighted by molar-refractivity contribution is 5.82. The molecule has 23 heavy (non-hydrogen) atoms. The number of pyridine rings is 2. The Kier molecular flexibility index (Phi) is 3.30. The highest BCUT2D eigenvalue weighted by Crippen LogP contribution is 2.24. The molecule has 0 bridgehead atoms. The van der Waals surface area contributed by atoms with Crippen LogP contribution in [0, 0.1) is 6.92 Å². The van der Waals surface area contributed by atoms with E-state index in [1.165, 1.54) is 27.4 Å². The van der Waals surface area contributed by atoms with Crippen LogP contribution in [0.2, 0.25) is 0 Å². The molecule has 0 spiro atoms. The maximum absolute atomic E-state index is 4.49. The average molecular weight is 299 g/mol. The molecule has 4 aromatic rings. The van der Waals surface area contributed by atoms with Crippen molar-refractivity contribution in [2.24, 2.45) is 0 Å². The van der Waals surface area contributed by atoms with Crippen LogP contribution in [0.15, 0.2) is 73.1 Å². The normalized spacial score (nSPS) is 12.6. The highest BCUT2D eigenvalue weighted by Gasteiger charge is 2.21. The largest absolute Gasteiger partial charge is 0.256 e. The summed E-state index contributed by atoms with van der Waals surface area (Å²) in [6.07, 6.45) is 4.15. The lowest BCUT2D eigenvalue weighted by molar-refractivity contribution is -0.685. The summed E-state index contributed by atoms with van der Waals surface area (Å²) in [7, 11) is 0. The van der Waals surface area contributed by atoms with Crippen molar-refractivity contribution < 1.29 is 4.57 Å². The minimum Gasteiger partial charge on any atom is -0.256 e. The lowest BCUT2D eigenvalue weighted by atomic mass is 10.0. The van der Waals surface area contributed by atoms with E-state index in [2.05, 4.69) is 84.2 Å². The second-order valence-corrected chi connectivity index (χ2v) is 6.08. The molecule has 4 rings (SSSR count). The van der Waals surface area contributed by atoms with Gasteiger partial charge in [0.15, 0.2) is 12.2 Å². The first kappa shape index (κ1) is 13.9. The van der Waals surface area contributed by atoms with E-state index in [4.69, 9.17) is 0 Å². The van der Waals surface area contributed by atoms with Gasteiger partial charge in [0.05, 0.1) is 5.52 Å². The number of aryl methyl sites for hydroxylation is 1. The molecule has 2 nitrogen and oxygen atoms in total. The molecule has 112 valence electrons. The van der Waals surface area contributed by atoms with Crippen LogP contribution in [0.4, 0.5) is 0 Å². The molecule has 0 saturated heterocycles. The summed E-state index contributed by atoms with van der Waals surface area (Å²) in [5.74, 6) is 0. The summed E-state index contributed by atoms with van der Waals surface area (Å²) in [4.78, 5) is 4.49. The van der Waals surface area contributed by atoms with Crippen LogP contribution < -0.4 is 4.57 Å². The number of fused-ring (bicyclic) bond motifs is 2. The molecule has 2 aromatic heterocycles. The van der Waals surface area contributed by atoms with Crippen LogP contribution in [-0.4, -0.2) is 4.98 Å². The van der Waals surface area contributed by atoms with Crippen LogP contribution in [0.3, 0.4) is 0 Å². The third-order valence-electron chi connectivity index (χ3n) is 4.49. The molecule has 0 aliphatic carbocycles. The van der Waals surface area contributed by atoms with Crippen molar-refractivity contribution >= 4 is 21.8 Å². The van der Waals surface area contributed by atoms with Gasteiger partial charge in [0, 0.05) is 41.1 Å². The van der Waals surface area contributed by atoms with Gasteiger partial charge in [-0.3, -0.25) is 4.98 Å². The van der Waals surface area contributed by atoms with Crippen molar-refractivity contribution in [2.75, 3.05) is 0 Å². The van der Waals surface area contributed by atoms with E-state index in [0.717, 1.165) is 5.52 Å². The summed E-state index contributed by atoms with van der Waals surface area (Å²) in [6.45, 7) is 4.41. The summed E-state index contributed by atoms with van der Waals surface area (Å²) in [5, 5.41) is 2.50. The highest BCUT2D eigenvalue weighted by atomic mass is 15.0. The van der Waals surface area contributed by atoms with E-state index in [9.17, 15) is 0 Å². The first-order chi connectivity index (χ1) is 11.2. The van der Waals surface area contributed by atoms with Crippen LogP contribution in [0.1, 0.15) is 24.1 Å². The molecule has 0 saturated carbocycles. The fourth-order valence-corrected chi connectivity index (χ4v) is 3.37. The van der Waals surface area contributed by atoms with Gasteiger partial charge in [-0.15, -0.1) is 0 Å². The Balaban J connectivity index is 1.97. The van der Waals surface area contributed by atoms with Crippen LogP contribution in [-0.2, 0) is 0 Å². The van der Waals surface area contributed by atoms with E-state index in [0.29, 0.717) is 0 Å². The van der Waals surface area contributed by atoms with Crippen molar-refractivity contribution in [1.82, 2.24) is 4.98 Å². The van der Waals surface area contributed by atoms with Gasteiger partial charge in [0.25, 0.3) is 0 Å². The number of para-hydroxylation sites is 2. The molecule has 2 heteroatoms. The van der Waals surface area contributed by atoms with Gasteiger partial charge in [-0.05, 0) is 31.2 Å². The number of hydrogen-bond donors (Lipinski definition) is 0. The molecule has 0 fully saturated rings. The zero-order valence-electron chi connectivity index (χ0n) is 13.4. The SMILES string of the molecule is Cc1cc2ccccc2[n+]([C@@H](C)c2ccnc3ccccc23)c1. The Morgan fingerprint density at radius 2 is 1.74 bits per heavy atom. The Morgan fingerprint density at radius 3 is 2.65 bits per heavy atom. The topological polar surface area (TPSA) is 16.8 Å². The number of rotatable bonds is 2. The minimum atomic E-state index is 0.243. The lowest BCUT2D eigenvalue weighted by Crippen LogP contribution is -2.39. The van der Waals surface area contributed by atoms with Crippen LogP contribution in [0.5, 0.6) is 0 Å². The van der Waals surface area contributed by atoms with Crippen molar-refractivity contribution in [2.45, 2.75) is 19.9 Å². The van der Waals surface area contributed by atoms with E-state index in [1.54, 1.807) is 0 Å². The van der Waals surface area contributed by atoms with Crippen LogP contribution in [0.25, 0.3) is 21.8 Å². The molecule has 2 heterocycles. The van der Waals surface area contributed by atoms with Gasteiger partial charge in [-0.25, -0.2) is 0 Å². The molecule has 2 aromatic carbocycles. The summed E-state index contributed by atoms with van der Waals surface area (Å²) in [6, 6.07) is 21.5. The van der Waals surface area contributed by atoms with E-state index in [1.807, 2.05) is 12.3 Å². The third kappa shape index (κ3) is 2.36.